The van der Waals surface area contributed by atoms with Crippen molar-refractivity contribution in [3.05, 3.63) is 46.7 Å². The maximum atomic E-state index is 12.2. The van der Waals surface area contributed by atoms with E-state index in [0.717, 1.165) is 24.6 Å². The molecule has 1 aliphatic rings. The number of benzene rings is 1. The van der Waals surface area contributed by atoms with Gasteiger partial charge in [-0.25, -0.2) is 0 Å². The van der Waals surface area contributed by atoms with Gasteiger partial charge in [0.15, 0.2) is 0 Å². The molecule has 1 saturated heterocycles. The highest BCUT2D eigenvalue weighted by Gasteiger charge is 2.24. The lowest BCUT2D eigenvalue weighted by atomic mass is 10.2. The molecule has 27 heavy (non-hydrogen) atoms. The van der Waals surface area contributed by atoms with Gasteiger partial charge in [-0.2, -0.15) is 0 Å². The minimum absolute atomic E-state index is 0.0917. The van der Waals surface area contributed by atoms with Crippen LogP contribution in [0.25, 0.3) is 0 Å². The van der Waals surface area contributed by atoms with Gasteiger partial charge in [-0.15, -0.1) is 11.3 Å². The standard InChI is InChI=1S/C21H28N2O3S/c1-25-17-8-10-18(11-9-17)26-14-4-7-21(24)22-16-19(20-6-5-15-27-20)23-12-2-3-13-23/h5-6,8-11,15,19H,2-4,7,12-14,16H2,1H3,(H,22,24). The summed E-state index contributed by atoms with van der Waals surface area (Å²) >= 11 is 1.77. The molecule has 2 heterocycles. The van der Waals surface area contributed by atoms with Crippen LogP contribution in [0.4, 0.5) is 0 Å². The van der Waals surface area contributed by atoms with Crippen molar-refractivity contribution in [1.82, 2.24) is 10.2 Å². The van der Waals surface area contributed by atoms with Crippen LogP contribution < -0.4 is 14.8 Å². The van der Waals surface area contributed by atoms with Crippen molar-refractivity contribution < 1.29 is 14.3 Å². The Hall–Kier alpha value is -2.05. The summed E-state index contributed by atoms with van der Waals surface area (Å²) in [6.07, 6.45) is 3.68. The van der Waals surface area contributed by atoms with Gasteiger partial charge in [0.1, 0.15) is 11.5 Å². The van der Waals surface area contributed by atoms with Gasteiger partial charge >= 0.3 is 0 Å². The normalized spacial score (nSPS) is 15.4. The first-order chi connectivity index (χ1) is 13.3. The summed E-state index contributed by atoms with van der Waals surface area (Å²) in [7, 11) is 1.64. The summed E-state index contributed by atoms with van der Waals surface area (Å²) in [5.74, 6) is 1.69. The summed E-state index contributed by atoms with van der Waals surface area (Å²) in [5.41, 5.74) is 0. The summed E-state index contributed by atoms with van der Waals surface area (Å²) in [6, 6.07) is 12.0. The number of rotatable bonds is 10. The molecule has 1 N–H and O–H groups in total. The van der Waals surface area contributed by atoms with Gasteiger partial charge in [-0.3, -0.25) is 9.69 Å². The number of nitrogens with zero attached hydrogens (tertiary/aromatic N) is 1. The van der Waals surface area contributed by atoms with Crippen LogP contribution in [0, 0.1) is 0 Å². The fourth-order valence-corrected chi connectivity index (χ4v) is 4.20. The zero-order chi connectivity index (χ0) is 18.9. The second-order valence-electron chi connectivity index (χ2n) is 6.71. The zero-order valence-corrected chi connectivity index (χ0v) is 16.7. The van der Waals surface area contributed by atoms with Gasteiger partial charge in [0.25, 0.3) is 0 Å². The van der Waals surface area contributed by atoms with Gasteiger partial charge in [0.05, 0.1) is 19.8 Å². The van der Waals surface area contributed by atoms with Gasteiger partial charge in [-0.05, 0) is 68.1 Å². The number of hydrogen-bond donors (Lipinski definition) is 1. The number of thiophene rings is 1. The highest BCUT2D eigenvalue weighted by molar-refractivity contribution is 7.10. The molecule has 0 radical (unpaired) electrons. The van der Waals surface area contributed by atoms with Gasteiger partial charge in [-0.1, -0.05) is 6.07 Å². The second-order valence-corrected chi connectivity index (χ2v) is 7.69. The quantitative estimate of drug-likeness (QED) is 0.628. The Bertz CT molecular complexity index is 682. The fraction of sp³-hybridized carbons (Fsp3) is 0.476. The molecule has 6 heteroatoms. The number of hydrogen-bond acceptors (Lipinski definition) is 5. The van der Waals surface area contributed by atoms with Crippen molar-refractivity contribution in [2.24, 2.45) is 0 Å². The molecule has 1 amide bonds. The van der Waals surface area contributed by atoms with Crippen LogP contribution in [0.3, 0.4) is 0 Å². The summed E-state index contributed by atoms with van der Waals surface area (Å²) in [4.78, 5) is 16.0. The van der Waals surface area contributed by atoms with Crippen molar-refractivity contribution in [2.75, 3.05) is 33.4 Å². The molecule has 0 bridgehead atoms. The smallest absolute Gasteiger partial charge is 0.220 e. The van der Waals surface area contributed by atoms with Crippen molar-refractivity contribution >= 4 is 17.2 Å². The van der Waals surface area contributed by atoms with E-state index in [1.807, 2.05) is 24.3 Å². The van der Waals surface area contributed by atoms with Crippen molar-refractivity contribution in [3.8, 4) is 11.5 Å². The van der Waals surface area contributed by atoms with E-state index in [0.29, 0.717) is 32.0 Å². The molecule has 1 aliphatic heterocycles. The average molecular weight is 389 g/mol. The minimum atomic E-state index is 0.0917. The van der Waals surface area contributed by atoms with E-state index in [2.05, 4.69) is 27.7 Å². The minimum Gasteiger partial charge on any atom is -0.497 e. The van der Waals surface area contributed by atoms with E-state index in [9.17, 15) is 4.79 Å². The Balaban J connectivity index is 1.37. The predicted molar refractivity (Wildman–Crippen MR) is 109 cm³/mol. The average Bonchev–Trinajstić information content (AvgIpc) is 3.41. The molecule has 1 aromatic carbocycles. The number of carbonyl (C=O) groups excluding carboxylic acids is 1. The van der Waals surface area contributed by atoms with E-state index < -0.39 is 0 Å². The number of ether oxygens (including phenoxy) is 2. The van der Waals surface area contributed by atoms with E-state index >= 15 is 0 Å². The molecule has 0 spiro atoms. The number of amides is 1. The predicted octanol–water partition coefficient (Wildman–Crippen LogP) is 3.87. The summed E-state index contributed by atoms with van der Waals surface area (Å²) < 4.78 is 10.8. The van der Waals surface area contributed by atoms with Gasteiger partial charge < -0.3 is 14.8 Å². The van der Waals surface area contributed by atoms with E-state index in [4.69, 9.17) is 9.47 Å². The Labute approximate surface area is 165 Å². The molecule has 1 aromatic heterocycles. The second kappa shape index (κ2) is 10.3. The molecule has 146 valence electrons. The van der Waals surface area contributed by atoms with Crippen LogP contribution in [0.15, 0.2) is 41.8 Å². The van der Waals surface area contributed by atoms with Crippen molar-refractivity contribution in [1.29, 1.82) is 0 Å². The van der Waals surface area contributed by atoms with Crippen LogP contribution in [-0.4, -0.2) is 44.2 Å². The topological polar surface area (TPSA) is 50.8 Å². The van der Waals surface area contributed by atoms with Crippen LogP contribution in [0.1, 0.15) is 36.6 Å². The molecule has 1 atom stereocenters. The molecule has 5 nitrogen and oxygen atoms in total. The van der Waals surface area contributed by atoms with Gasteiger partial charge in [0.2, 0.25) is 5.91 Å². The van der Waals surface area contributed by atoms with Crippen LogP contribution >= 0.6 is 11.3 Å². The molecule has 1 fully saturated rings. The molecule has 3 rings (SSSR count). The van der Waals surface area contributed by atoms with E-state index in [-0.39, 0.29) is 5.91 Å². The molecule has 0 saturated carbocycles. The van der Waals surface area contributed by atoms with Crippen molar-refractivity contribution in [2.45, 2.75) is 31.7 Å². The van der Waals surface area contributed by atoms with Crippen LogP contribution in [-0.2, 0) is 4.79 Å². The first-order valence-corrected chi connectivity index (χ1v) is 10.5. The Morgan fingerprint density at radius 1 is 1.19 bits per heavy atom. The maximum absolute atomic E-state index is 12.2. The first-order valence-electron chi connectivity index (χ1n) is 9.57. The Morgan fingerprint density at radius 3 is 2.59 bits per heavy atom. The molecular formula is C21H28N2O3S. The summed E-state index contributed by atoms with van der Waals surface area (Å²) in [5, 5.41) is 5.22. The third-order valence-electron chi connectivity index (χ3n) is 4.82. The van der Waals surface area contributed by atoms with Gasteiger partial charge in [0, 0.05) is 17.8 Å². The lowest BCUT2D eigenvalue weighted by molar-refractivity contribution is -0.121. The Kier molecular flexibility index (Phi) is 7.54. The Morgan fingerprint density at radius 2 is 1.93 bits per heavy atom. The monoisotopic (exact) mass is 388 g/mol. The number of likely N-dealkylation sites (tertiary alicyclic amines) is 1. The largest absolute Gasteiger partial charge is 0.497 e. The number of nitrogens with one attached hydrogen (secondary N) is 1. The van der Waals surface area contributed by atoms with E-state index in [1.54, 1.807) is 18.4 Å². The third kappa shape index (κ3) is 5.97. The van der Waals surface area contributed by atoms with Crippen molar-refractivity contribution in [3.63, 3.8) is 0 Å². The highest BCUT2D eigenvalue weighted by Crippen LogP contribution is 2.27. The SMILES string of the molecule is COc1ccc(OCCCC(=O)NCC(c2cccs2)N2CCCC2)cc1. The summed E-state index contributed by atoms with van der Waals surface area (Å²) in [6.45, 7) is 3.45. The molecular weight excluding hydrogens is 360 g/mol. The van der Waals surface area contributed by atoms with Crippen LogP contribution in [0.2, 0.25) is 0 Å². The highest BCUT2D eigenvalue weighted by atomic mass is 32.1. The number of methoxy groups -OCH3 is 1. The first kappa shape index (κ1) is 19.7. The van der Waals surface area contributed by atoms with E-state index in [1.165, 1.54) is 17.7 Å². The maximum Gasteiger partial charge on any atom is 0.220 e. The molecule has 0 aliphatic carbocycles. The lowest BCUT2D eigenvalue weighted by Gasteiger charge is -2.26. The number of carbonyl (C=O) groups is 1. The van der Waals surface area contributed by atoms with Crippen LogP contribution in [0.5, 0.6) is 11.5 Å². The molecule has 2 aromatic rings. The lowest BCUT2D eigenvalue weighted by Crippen LogP contribution is -2.36. The molecule has 1 unspecified atom stereocenters. The fourth-order valence-electron chi connectivity index (χ4n) is 3.34. The third-order valence-corrected chi connectivity index (χ3v) is 5.80. The zero-order valence-electron chi connectivity index (χ0n) is 15.9.